The van der Waals surface area contributed by atoms with Gasteiger partial charge in [-0.3, -0.25) is 0 Å². The fourth-order valence-corrected chi connectivity index (χ4v) is 3.89. The number of ether oxygens (including phenoxy) is 1. The zero-order valence-electron chi connectivity index (χ0n) is 18.9. The first-order valence-electron chi connectivity index (χ1n) is 10.3. The van der Waals surface area contributed by atoms with Crippen molar-refractivity contribution in [1.82, 2.24) is 4.98 Å². The van der Waals surface area contributed by atoms with Gasteiger partial charge >= 0.3 is 18.5 Å². The molecule has 0 aliphatic heterocycles. The molecule has 3 nitrogen and oxygen atoms in total. The van der Waals surface area contributed by atoms with Gasteiger partial charge in [0.2, 0.25) is 0 Å². The van der Waals surface area contributed by atoms with E-state index in [0.29, 0.717) is 12.1 Å². The average Bonchev–Trinajstić information content (AvgIpc) is 3.22. The van der Waals surface area contributed by atoms with Crippen LogP contribution >= 0.6 is 11.3 Å². The van der Waals surface area contributed by atoms with Gasteiger partial charge in [0, 0.05) is 5.56 Å². The number of alkyl halides is 9. The third-order valence-electron chi connectivity index (χ3n) is 4.50. The first kappa shape index (κ1) is 29.4. The molecule has 0 radical (unpaired) electrons. The molecule has 3 rings (SSSR count). The van der Waals surface area contributed by atoms with Crippen molar-refractivity contribution in [3.63, 3.8) is 0 Å². The number of thiazole rings is 1. The minimum Gasteiger partial charge on any atom is -0.487 e. The van der Waals surface area contributed by atoms with E-state index >= 15 is 0 Å². The second kappa shape index (κ2) is 11.1. The van der Waals surface area contributed by atoms with Crippen LogP contribution in [0.1, 0.15) is 54.1 Å². The number of hydrogen-bond donors (Lipinski definition) is 1. The van der Waals surface area contributed by atoms with Gasteiger partial charge in [0.15, 0.2) is 0 Å². The van der Waals surface area contributed by atoms with E-state index in [-0.39, 0.29) is 27.2 Å². The molecule has 1 atom stereocenters. The molecule has 3 aromatic rings. The minimum absolute atomic E-state index is 0.0147. The van der Waals surface area contributed by atoms with E-state index in [1.54, 1.807) is 0 Å². The Bertz CT molecular complexity index is 1120. The maximum Gasteiger partial charge on any atom is 0.416 e. The van der Waals surface area contributed by atoms with Crippen molar-refractivity contribution in [2.45, 2.75) is 52.0 Å². The zero-order chi connectivity index (χ0) is 27.5. The number of nitrogens with zero attached hydrogens (tertiary/aromatic N) is 1. The van der Waals surface area contributed by atoms with E-state index in [1.165, 1.54) is 6.92 Å². The Morgan fingerprint density at radius 1 is 0.806 bits per heavy atom. The number of hydrogen-bond acceptors (Lipinski definition) is 4. The van der Waals surface area contributed by atoms with Crippen molar-refractivity contribution in [2.75, 3.05) is 0 Å². The summed E-state index contributed by atoms with van der Waals surface area (Å²) in [4.78, 5) is 4.35. The quantitative estimate of drug-likeness (QED) is 0.327. The lowest BCUT2D eigenvalue weighted by atomic mass is 10.1. The van der Waals surface area contributed by atoms with Crippen LogP contribution in [0.5, 0.6) is 5.75 Å². The lowest BCUT2D eigenvalue weighted by Crippen LogP contribution is -2.11. The second-order valence-electron chi connectivity index (χ2n) is 7.11. The molecule has 0 fully saturated rings. The van der Waals surface area contributed by atoms with Gasteiger partial charge in [-0.05, 0) is 37.3 Å². The van der Waals surface area contributed by atoms with Crippen molar-refractivity contribution < 1.29 is 49.4 Å². The first-order valence-corrected chi connectivity index (χ1v) is 11.1. The third kappa shape index (κ3) is 7.36. The molecule has 0 spiro atoms. The molecular formula is C23H20F9NO2S. The van der Waals surface area contributed by atoms with Gasteiger partial charge < -0.3 is 9.84 Å². The number of benzene rings is 2. The average molecular weight is 545 g/mol. The van der Waals surface area contributed by atoms with Crippen LogP contribution in [0.25, 0.3) is 10.6 Å². The fraction of sp³-hybridized carbons (Fsp3) is 0.348. The highest BCUT2D eigenvalue weighted by Gasteiger charge is 2.37. The van der Waals surface area contributed by atoms with E-state index in [1.807, 2.05) is 13.8 Å². The molecule has 0 saturated heterocycles. The summed E-state index contributed by atoms with van der Waals surface area (Å²) in [5.41, 5.74) is -3.73. The number of aromatic nitrogens is 1. The van der Waals surface area contributed by atoms with Crippen LogP contribution in [0.4, 0.5) is 39.5 Å². The molecule has 36 heavy (non-hydrogen) atoms. The van der Waals surface area contributed by atoms with E-state index in [4.69, 9.17) is 4.74 Å². The molecule has 0 aliphatic carbocycles. The monoisotopic (exact) mass is 545 g/mol. The summed E-state index contributed by atoms with van der Waals surface area (Å²) in [5, 5.41) is 10.2. The Balaban J connectivity index is 0.00000222. The predicted octanol–water partition coefficient (Wildman–Crippen LogP) is 8.53. The van der Waals surface area contributed by atoms with E-state index < -0.39 is 53.7 Å². The second-order valence-corrected chi connectivity index (χ2v) is 8.14. The van der Waals surface area contributed by atoms with Gasteiger partial charge in [0.1, 0.15) is 17.4 Å². The predicted molar refractivity (Wildman–Crippen MR) is 115 cm³/mol. The standard InChI is InChI=1S/C21H14F9NO2S.C2H6/c1-10(32)17-16(31-18(34-17)11-2-4-12(5-3-11)19(22,23)24)9-33-15-7-13(20(25,26)27)6-14(8-15)21(28,29)30;1-2/h2-8,10,32H,9H2,1H3;1-2H3. The highest BCUT2D eigenvalue weighted by atomic mass is 32.1. The molecule has 2 aromatic carbocycles. The van der Waals surface area contributed by atoms with Crippen LogP contribution in [-0.2, 0) is 25.1 Å². The Morgan fingerprint density at radius 3 is 1.69 bits per heavy atom. The Kier molecular flexibility index (Phi) is 9.05. The topological polar surface area (TPSA) is 42.4 Å². The van der Waals surface area contributed by atoms with Gasteiger partial charge in [0.05, 0.1) is 33.4 Å². The number of aliphatic hydroxyl groups is 1. The number of rotatable bonds is 5. The minimum atomic E-state index is -5.06. The Hall–Kier alpha value is -2.80. The van der Waals surface area contributed by atoms with E-state index in [2.05, 4.69) is 4.98 Å². The van der Waals surface area contributed by atoms with Gasteiger partial charge in [0.25, 0.3) is 0 Å². The smallest absolute Gasteiger partial charge is 0.416 e. The lowest BCUT2D eigenvalue weighted by molar-refractivity contribution is -0.143. The molecule has 1 heterocycles. The zero-order valence-corrected chi connectivity index (χ0v) is 19.8. The van der Waals surface area contributed by atoms with Crippen LogP contribution in [0.2, 0.25) is 0 Å². The largest absolute Gasteiger partial charge is 0.487 e. The summed E-state index contributed by atoms with van der Waals surface area (Å²) in [5.74, 6) is -0.720. The van der Waals surface area contributed by atoms with Crippen LogP contribution in [0, 0.1) is 0 Å². The molecule has 1 unspecified atom stereocenters. The summed E-state index contributed by atoms with van der Waals surface area (Å²) >= 11 is 0.902. The Morgan fingerprint density at radius 2 is 1.28 bits per heavy atom. The Labute approximate surface area is 204 Å². The lowest BCUT2D eigenvalue weighted by Gasteiger charge is -2.15. The highest BCUT2D eigenvalue weighted by molar-refractivity contribution is 7.15. The van der Waals surface area contributed by atoms with Gasteiger partial charge in [-0.25, -0.2) is 4.98 Å². The van der Waals surface area contributed by atoms with Crippen LogP contribution < -0.4 is 4.74 Å². The van der Waals surface area contributed by atoms with Crippen molar-refractivity contribution >= 4 is 11.3 Å². The molecule has 1 aromatic heterocycles. The van der Waals surface area contributed by atoms with Gasteiger partial charge in [-0.15, -0.1) is 11.3 Å². The van der Waals surface area contributed by atoms with Crippen LogP contribution in [0.3, 0.4) is 0 Å². The molecule has 1 N–H and O–H groups in total. The first-order chi connectivity index (χ1) is 16.6. The maximum atomic E-state index is 13.0. The number of halogens is 9. The summed E-state index contributed by atoms with van der Waals surface area (Å²) < 4.78 is 122. The molecule has 13 heteroatoms. The number of aliphatic hydroxyl groups excluding tert-OH is 1. The summed E-state index contributed by atoms with van der Waals surface area (Å²) in [7, 11) is 0. The molecule has 0 amide bonds. The third-order valence-corrected chi connectivity index (χ3v) is 5.82. The highest BCUT2D eigenvalue weighted by Crippen LogP contribution is 2.39. The normalized spacial score (nSPS) is 13.1. The summed E-state index contributed by atoms with van der Waals surface area (Å²) in [6.07, 6.45) is -15.8. The van der Waals surface area contributed by atoms with Crippen LogP contribution in [0.15, 0.2) is 42.5 Å². The fourth-order valence-electron chi connectivity index (χ4n) is 2.88. The van der Waals surface area contributed by atoms with Gasteiger partial charge in [-0.2, -0.15) is 39.5 Å². The molecular weight excluding hydrogens is 525 g/mol. The molecule has 198 valence electrons. The summed E-state index contributed by atoms with van der Waals surface area (Å²) in [6, 6.07) is 4.73. The molecule has 0 bridgehead atoms. The van der Waals surface area contributed by atoms with Crippen molar-refractivity contribution in [1.29, 1.82) is 0 Å². The van der Waals surface area contributed by atoms with Crippen molar-refractivity contribution in [3.05, 3.63) is 69.7 Å². The summed E-state index contributed by atoms with van der Waals surface area (Å²) in [6.45, 7) is 4.76. The van der Waals surface area contributed by atoms with Crippen molar-refractivity contribution in [2.24, 2.45) is 0 Å². The maximum absolute atomic E-state index is 13.0. The van der Waals surface area contributed by atoms with Crippen LogP contribution in [-0.4, -0.2) is 10.1 Å². The molecule has 0 aliphatic rings. The SMILES string of the molecule is CC.CC(O)c1sc(-c2ccc(C(F)(F)F)cc2)nc1COc1cc(C(F)(F)F)cc(C(F)(F)F)c1. The van der Waals surface area contributed by atoms with Gasteiger partial charge in [-0.1, -0.05) is 26.0 Å². The molecule has 0 saturated carbocycles. The van der Waals surface area contributed by atoms with E-state index in [0.717, 1.165) is 35.6 Å². The van der Waals surface area contributed by atoms with E-state index in [9.17, 15) is 44.6 Å². The van der Waals surface area contributed by atoms with Crippen molar-refractivity contribution in [3.8, 4) is 16.3 Å².